The molecule has 0 saturated carbocycles. The maximum Gasteiger partial charge on any atom is 0.238 e. The molecule has 2 aliphatic heterocycles. The first-order valence-electron chi connectivity index (χ1n) is 9.11. The predicted molar refractivity (Wildman–Crippen MR) is 103 cm³/mol. The van der Waals surface area contributed by atoms with E-state index in [9.17, 15) is 9.59 Å². The topological polar surface area (TPSA) is 71.1 Å². The van der Waals surface area contributed by atoms with Crippen LogP contribution in [0, 0.1) is 5.41 Å². The molecule has 1 atom stereocenters. The van der Waals surface area contributed by atoms with Crippen LogP contribution in [0.4, 0.5) is 5.69 Å². The number of carbonyl (C=O) groups excluding carboxylic acids is 2. The molecule has 2 saturated heterocycles. The highest BCUT2D eigenvalue weighted by Gasteiger charge is 2.50. The second-order valence-electron chi connectivity index (χ2n) is 7.17. The maximum absolute atomic E-state index is 12.8. The van der Waals surface area contributed by atoms with E-state index in [-0.39, 0.29) is 23.8 Å². The Morgan fingerprint density at radius 1 is 1.30 bits per heavy atom. The van der Waals surface area contributed by atoms with Gasteiger partial charge < -0.3 is 19.7 Å². The summed E-state index contributed by atoms with van der Waals surface area (Å²) in [7, 11) is 3.19. The van der Waals surface area contributed by atoms with Gasteiger partial charge in [0.05, 0.1) is 30.7 Å². The molecule has 0 radical (unpaired) electrons. The van der Waals surface area contributed by atoms with Crippen LogP contribution in [0.15, 0.2) is 18.2 Å². The van der Waals surface area contributed by atoms with Crippen molar-refractivity contribution < 1.29 is 19.1 Å². The normalized spacial score (nSPS) is 22.6. The van der Waals surface area contributed by atoms with Crippen LogP contribution in [0.1, 0.15) is 12.8 Å². The molecule has 1 spiro atoms. The molecule has 0 aromatic heterocycles. The highest BCUT2D eigenvalue weighted by atomic mass is 35.5. The molecule has 2 heterocycles. The van der Waals surface area contributed by atoms with Gasteiger partial charge in [0.2, 0.25) is 11.8 Å². The van der Waals surface area contributed by atoms with Gasteiger partial charge in [-0.25, -0.2) is 0 Å². The van der Waals surface area contributed by atoms with Gasteiger partial charge in [0.1, 0.15) is 5.75 Å². The fraction of sp³-hybridized carbons (Fsp3) is 0.579. The molecule has 1 N–H and O–H groups in total. The summed E-state index contributed by atoms with van der Waals surface area (Å²) >= 11 is 6.09. The second kappa shape index (κ2) is 8.46. The zero-order valence-electron chi connectivity index (χ0n) is 15.8. The zero-order valence-corrected chi connectivity index (χ0v) is 16.6. The fourth-order valence-electron chi connectivity index (χ4n) is 3.93. The van der Waals surface area contributed by atoms with E-state index in [1.807, 2.05) is 4.90 Å². The number of hydrogen-bond acceptors (Lipinski definition) is 5. The van der Waals surface area contributed by atoms with E-state index < -0.39 is 0 Å². The molecule has 1 unspecified atom stereocenters. The third-order valence-electron chi connectivity index (χ3n) is 5.40. The van der Waals surface area contributed by atoms with Crippen LogP contribution in [0.3, 0.4) is 0 Å². The highest BCUT2D eigenvalue weighted by molar-refractivity contribution is 6.32. The first-order valence-corrected chi connectivity index (χ1v) is 9.49. The smallest absolute Gasteiger partial charge is 0.238 e. The first kappa shape index (κ1) is 19.9. The molecular weight excluding hydrogens is 370 g/mol. The first-order chi connectivity index (χ1) is 13.0. The summed E-state index contributed by atoms with van der Waals surface area (Å²) in [6.07, 6.45) is 1.65. The van der Waals surface area contributed by atoms with Gasteiger partial charge in [0, 0.05) is 32.4 Å². The number of methoxy groups -OCH3 is 2. The number of hydrogen-bond donors (Lipinski definition) is 1. The van der Waals surface area contributed by atoms with Crippen molar-refractivity contribution in [3.8, 4) is 5.75 Å². The van der Waals surface area contributed by atoms with E-state index >= 15 is 0 Å². The number of likely N-dealkylation sites (tertiary alicyclic amines) is 2. The number of benzene rings is 1. The monoisotopic (exact) mass is 395 g/mol. The van der Waals surface area contributed by atoms with Gasteiger partial charge in [-0.1, -0.05) is 11.6 Å². The van der Waals surface area contributed by atoms with Crippen molar-refractivity contribution in [2.24, 2.45) is 5.41 Å². The van der Waals surface area contributed by atoms with Gasteiger partial charge in [-0.05, 0) is 37.6 Å². The van der Waals surface area contributed by atoms with Gasteiger partial charge in [0.25, 0.3) is 0 Å². The van der Waals surface area contributed by atoms with Crippen LogP contribution in [-0.4, -0.2) is 75.2 Å². The molecule has 2 fully saturated rings. The van der Waals surface area contributed by atoms with Crippen molar-refractivity contribution in [1.82, 2.24) is 9.80 Å². The molecule has 2 aliphatic rings. The van der Waals surface area contributed by atoms with E-state index in [0.29, 0.717) is 36.2 Å². The van der Waals surface area contributed by atoms with Gasteiger partial charge in [-0.15, -0.1) is 0 Å². The Kier molecular flexibility index (Phi) is 6.24. The van der Waals surface area contributed by atoms with E-state index in [0.717, 1.165) is 25.9 Å². The Labute approximate surface area is 164 Å². The Hall–Kier alpha value is -1.83. The molecule has 0 aliphatic carbocycles. The van der Waals surface area contributed by atoms with Gasteiger partial charge in [0.15, 0.2) is 0 Å². The summed E-state index contributed by atoms with van der Waals surface area (Å²) in [6, 6.07) is 5.13. The van der Waals surface area contributed by atoms with Gasteiger partial charge >= 0.3 is 0 Å². The van der Waals surface area contributed by atoms with E-state index in [4.69, 9.17) is 21.1 Å². The van der Waals surface area contributed by atoms with Crippen LogP contribution >= 0.6 is 11.6 Å². The molecule has 148 valence electrons. The lowest BCUT2D eigenvalue weighted by molar-refractivity contribution is -0.136. The van der Waals surface area contributed by atoms with Crippen LogP contribution in [0.25, 0.3) is 0 Å². The highest BCUT2D eigenvalue weighted by Crippen LogP contribution is 2.40. The lowest BCUT2D eigenvalue weighted by atomic mass is 9.85. The quantitative estimate of drug-likeness (QED) is 0.763. The van der Waals surface area contributed by atoms with Crippen molar-refractivity contribution in [3.63, 3.8) is 0 Å². The molecule has 3 rings (SSSR count). The lowest BCUT2D eigenvalue weighted by Crippen LogP contribution is -2.39. The lowest BCUT2D eigenvalue weighted by Gasteiger charge is -2.23. The van der Waals surface area contributed by atoms with Crippen molar-refractivity contribution in [1.29, 1.82) is 0 Å². The number of anilines is 1. The summed E-state index contributed by atoms with van der Waals surface area (Å²) in [5.74, 6) is 0.647. The Morgan fingerprint density at radius 3 is 2.78 bits per heavy atom. The zero-order chi connectivity index (χ0) is 19.4. The molecule has 1 aromatic carbocycles. The molecule has 1 aromatic rings. The largest absolute Gasteiger partial charge is 0.495 e. The van der Waals surface area contributed by atoms with Crippen LogP contribution in [0.5, 0.6) is 5.75 Å². The number of nitrogens with zero attached hydrogens (tertiary/aromatic N) is 2. The average molecular weight is 396 g/mol. The minimum Gasteiger partial charge on any atom is -0.495 e. The SMILES string of the molecule is COCCN1CCC2(CCN(CC(=O)Nc3ccc(OC)c(Cl)c3)C2)C1=O. The Bertz CT molecular complexity index is 714. The van der Waals surface area contributed by atoms with Crippen LogP contribution in [0.2, 0.25) is 5.02 Å². The number of nitrogens with one attached hydrogen (secondary N) is 1. The Balaban J connectivity index is 1.53. The van der Waals surface area contributed by atoms with Crippen molar-refractivity contribution in [2.75, 3.05) is 58.9 Å². The van der Waals surface area contributed by atoms with Crippen molar-refractivity contribution in [2.45, 2.75) is 12.8 Å². The summed E-state index contributed by atoms with van der Waals surface area (Å²) in [5, 5.41) is 3.30. The molecule has 2 amide bonds. The molecule has 0 bridgehead atoms. The minimum absolute atomic E-state index is 0.116. The fourth-order valence-corrected chi connectivity index (χ4v) is 4.18. The molecule has 8 heteroatoms. The number of halogens is 1. The minimum atomic E-state index is -0.336. The number of carbonyl (C=O) groups is 2. The number of rotatable bonds is 7. The molecule has 27 heavy (non-hydrogen) atoms. The van der Waals surface area contributed by atoms with Gasteiger partial charge in [-0.3, -0.25) is 14.5 Å². The summed E-state index contributed by atoms with van der Waals surface area (Å²) in [4.78, 5) is 29.1. The molecule has 7 nitrogen and oxygen atoms in total. The van der Waals surface area contributed by atoms with Crippen LogP contribution in [-0.2, 0) is 14.3 Å². The maximum atomic E-state index is 12.8. The number of amides is 2. The van der Waals surface area contributed by atoms with E-state index in [1.54, 1.807) is 32.4 Å². The van der Waals surface area contributed by atoms with Gasteiger partial charge in [-0.2, -0.15) is 0 Å². The standard InChI is InChI=1S/C19H26ClN3O4/c1-26-10-9-23-8-6-19(18(23)25)5-7-22(13-19)12-17(24)21-14-3-4-16(27-2)15(20)11-14/h3-4,11H,5-10,12-13H2,1-2H3,(H,21,24). The summed E-state index contributed by atoms with van der Waals surface area (Å²) in [5.41, 5.74) is 0.291. The molecular formula is C19H26ClN3O4. The second-order valence-corrected chi connectivity index (χ2v) is 7.58. The van der Waals surface area contributed by atoms with Crippen LogP contribution < -0.4 is 10.1 Å². The summed E-state index contributed by atoms with van der Waals surface area (Å²) in [6.45, 7) is 3.60. The number of ether oxygens (including phenoxy) is 2. The third kappa shape index (κ3) is 4.36. The van der Waals surface area contributed by atoms with Crippen molar-refractivity contribution in [3.05, 3.63) is 23.2 Å². The third-order valence-corrected chi connectivity index (χ3v) is 5.70. The predicted octanol–water partition coefficient (Wildman–Crippen LogP) is 1.86. The Morgan fingerprint density at radius 2 is 2.07 bits per heavy atom. The van der Waals surface area contributed by atoms with E-state index in [1.165, 1.54) is 0 Å². The van der Waals surface area contributed by atoms with E-state index in [2.05, 4.69) is 10.2 Å². The summed E-state index contributed by atoms with van der Waals surface area (Å²) < 4.78 is 10.2. The van der Waals surface area contributed by atoms with Crippen molar-refractivity contribution >= 4 is 29.1 Å². The average Bonchev–Trinajstić information content (AvgIpc) is 3.18.